The molecule has 1 aromatic rings. The van der Waals surface area contributed by atoms with Crippen LogP contribution < -0.4 is 11.1 Å². The zero-order valence-corrected chi connectivity index (χ0v) is 11.7. The Morgan fingerprint density at radius 1 is 1.56 bits per heavy atom. The molecule has 0 bridgehead atoms. The van der Waals surface area contributed by atoms with Crippen molar-refractivity contribution >= 4 is 23.0 Å². The van der Waals surface area contributed by atoms with E-state index in [9.17, 15) is 0 Å². The van der Waals surface area contributed by atoms with Crippen LogP contribution >= 0.6 is 12.2 Å². The molecule has 98 valence electrons. The summed E-state index contributed by atoms with van der Waals surface area (Å²) < 4.78 is 0. The van der Waals surface area contributed by atoms with E-state index >= 15 is 0 Å². The third kappa shape index (κ3) is 3.42. The first-order chi connectivity index (χ1) is 8.69. The van der Waals surface area contributed by atoms with Crippen LogP contribution in [0.3, 0.4) is 0 Å². The van der Waals surface area contributed by atoms with Crippen molar-refractivity contribution in [1.82, 2.24) is 4.98 Å². The van der Waals surface area contributed by atoms with E-state index < -0.39 is 0 Å². The topological polar surface area (TPSA) is 50.9 Å². The van der Waals surface area contributed by atoms with E-state index in [0.717, 1.165) is 17.3 Å². The van der Waals surface area contributed by atoms with E-state index in [4.69, 9.17) is 18.0 Å². The minimum Gasteiger partial charge on any atom is -0.389 e. The van der Waals surface area contributed by atoms with Crippen molar-refractivity contribution in [3.63, 3.8) is 0 Å². The van der Waals surface area contributed by atoms with Gasteiger partial charge in [0.1, 0.15) is 10.8 Å². The Kier molecular flexibility index (Phi) is 4.53. The molecular formula is C14H21N3S. The largest absolute Gasteiger partial charge is 0.389 e. The van der Waals surface area contributed by atoms with Crippen LogP contribution in [0.25, 0.3) is 0 Å². The highest BCUT2D eigenvalue weighted by Crippen LogP contribution is 2.28. The van der Waals surface area contributed by atoms with Gasteiger partial charge in [-0.2, -0.15) is 0 Å². The predicted octanol–water partition coefficient (Wildman–Crippen LogP) is 3.10. The van der Waals surface area contributed by atoms with E-state index in [2.05, 4.69) is 17.2 Å². The second-order valence-electron chi connectivity index (χ2n) is 5.08. The molecular weight excluding hydrogens is 242 g/mol. The molecule has 4 heteroatoms. The minimum absolute atomic E-state index is 0.426. The van der Waals surface area contributed by atoms with Crippen molar-refractivity contribution in [1.29, 1.82) is 0 Å². The van der Waals surface area contributed by atoms with Crippen LogP contribution in [0.15, 0.2) is 18.3 Å². The molecule has 1 saturated carbocycles. The molecule has 1 aliphatic carbocycles. The Hall–Kier alpha value is -1.16. The van der Waals surface area contributed by atoms with Crippen molar-refractivity contribution in [2.45, 2.75) is 45.1 Å². The number of nitrogens with zero attached hydrogens (tertiary/aromatic N) is 1. The van der Waals surface area contributed by atoms with Gasteiger partial charge in [-0.15, -0.1) is 0 Å². The fourth-order valence-corrected chi connectivity index (χ4v) is 2.79. The van der Waals surface area contributed by atoms with E-state index in [1.807, 2.05) is 12.1 Å². The van der Waals surface area contributed by atoms with Crippen LogP contribution in [-0.4, -0.2) is 16.0 Å². The molecule has 1 aromatic heterocycles. The summed E-state index contributed by atoms with van der Waals surface area (Å²) >= 11 is 4.99. The molecule has 0 saturated heterocycles. The molecule has 18 heavy (non-hydrogen) atoms. The predicted molar refractivity (Wildman–Crippen MR) is 79.8 cm³/mol. The number of rotatable bonds is 4. The van der Waals surface area contributed by atoms with E-state index in [1.54, 1.807) is 6.20 Å². The van der Waals surface area contributed by atoms with Gasteiger partial charge in [-0.25, -0.2) is 4.98 Å². The van der Waals surface area contributed by atoms with Gasteiger partial charge >= 0.3 is 0 Å². The maximum Gasteiger partial charge on any atom is 0.126 e. The lowest BCUT2D eigenvalue weighted by molar-refractivity contribution is 0.327. The number of nitrogens with one attached hydrogen (secondary N) is 1. The Morgan fingerprint density at radius 2 is 2.39 bits per heavy atom. The minimum atomic E-state index is 0.426. The van der Waals surface area contributed by atoms with Gasteiger partial charge in [-0.05, 0) is 30.9 Å². The average Bonchev–Trinajstić information content (AvgIpc) is 2.39. The smallest absolute Gasteiger partial charge is 0.126 e. The van der Waals surface area contributed by atoms with Crippen LogP contribution in [0.2, 0.25) is 0 Å². The van der Waals surface area contributed by atoms with E-state index in [1.165, 1.54) is 32.1 Å². The second-order valence-corrected chi connectivity index (χ2v) is 5.52. The number of aromatic nitrogens is 1. The lowest BCUT2D eigenvalue weighted by Crippen LogP contribution is -2.27. The highest BCUT2D eigenvalue weighted by molar-refractivity contribution is 7.80. The quantitative estimate of drug-likeness (QED) is 0.820. The fourth-order valence-electron chi connectivity index (χ4n) is 2.66. The molecule has 1 aliphatic rings. The lowest BCUT2D eigenvalue weighted by Gasteiger charge is -2.29. The molecule has 3 nitrogen and oxygen atoms in total. The highest BCUT2D eigenvalue weighted by Gasteiger charge is 2.20. The van der Waals surface area contributed by atoms with Gasteiger partial charge in [0.2, 0.25) is 0 Å². The van der Waals surface area contributed by atoms with E-state index in [0.29, 0.717) is 11.0 Å². The van der Waals surface area contributed by atoms with Crippen molar-refractivity contribution < 1.29 is 0 Å². The molecule has 0 spiro atoms. The summed E-state index contributed by atoms with van der Waals surface area (Å²) in [7, 11) is 0. The Labute approximate surface area is 114 Å². The van der Waals surface area contributed by atoms with Crippen molar-refractivity contribution in [3.05, 3.63) is 23.9 Å². The molecule has 0 aliphatic heterocycles. The summed E-state index contributed by atoms with van der Waals surface area (Å²) in [6.45, 7) is 2.28. The summed E-state index contributed by atoms with van der Waals surface area (Å²) in [5.41, 5.74) is 6.52. The Balaban J connectivity index is 2.00. The molecule has 0 radical (unpaired) electrons. The lowest BCUT2D eigenvalue weighted by atomic mass is 9.84. The third-order valence-corrected chi connectivity index (χ3v) is 3.99. The summed E-state index contributed by atoms with van der Waals surface area (Å²) in [5.74, 6) is 1.75. The second kappa shape index (κ2) is 6.14. The number of anilines is 1. The van der Waals surface area contributed by atoms with E-state index in [-0.39, 0.29) is 0 Å². The average molecular weight is 263 g/mol. The Morgan fingerprint density at radius 3 is 3.11 bits per heavy atom. The number of hydrogen-bond donors (Lipinski definition) is 2. The molecule has 2 rings (SSSR count). The summed E-state index contributed by atoms with van der Waals surface area (Å²) in [6, 6.07) is 4.33. The molecule has 1 fully saturated rings. The zero-order valence-electron chi connectivity index (χ0n) is 10.9. The van der Waals surface area contributed by atoms with Crippen LogP contribution in [0.4, 0.5) is 5.82 Å². The van der Waals surface area contributed by atoms with Crippen molar-refractivity contribution in [2.75, 3.05) is 5.32 Å². The number of pyridine rings is 1. The highest BCUT2D eigenvalue weighted by atomic mass is 32.1. The number of hydrogen-bond acceptors (Lipinski definition) is 3. The monoisotopic (exact) mass is 263 g/mol. The first-order valence-electron chi connectivity index (χ1n) is 6.71. The van der Waals surface area contributed by atoms with Gasteiger partial charge < -0.3 is 11.1 Å². The molecule has 1 heterocycles. The van der Waals surface area contributed by atoms with Crippen LogP contribution in [0, 0.1) is 5.92 Å². The van der Waals surface area contributed by atoms with Crippen molar-refractivity contribution in [2.24, 2.45) is 11.7 Å². The first kappa shape index (κ1) is 13.3. The van der Waals surface area contributed by atoms with Crippen molar-refractivity contribution in [3.8, 4) is 0 Å². The van der Waals surface area contributed by atoms with Crippen LogP contribution in [0.5, 0.6) is 0 Å². The summed E-state index contributed by atoms with van der Waals surface area (Å²) in [5, 5.41) is 3.51. The normalized spacial score (nSPS) is 23.6. The van der Waals surface area contributed by atoms with Crippen LogP contribution in [-0.2, 0) is 0 Å². The summed E-state index contributed by atoms with van der Waals surface area (Å²) in [4.78, 5) is 4.77. The maximum absolute atomic E-state index is 5.64. The van der Waals surface area contributed by atoms with Crippen LogP contribution in [0.1, 0.15) is 44.6 Å². The first-order valence-corrected chi connectivity index (χ1v) is 7.12. The van der Waals surface area contributed by atoms with Gasteiger partial charge in [-0.1, -0.05) is 38.4 Å². The fraction of sp³-hybridized carbons (Fsp3) is 0.571. The summed E-state index contributed by atoms with van der Waals surface area (Å²) in [6.07, 6.45) is 8.20. The number of thiocarbonyl (C=S) groups is 1. The molecule has 0 aromatic carbocycles. The molecule has 3 N–H and O–H groups in total. The molecule has 2 unspecified atom stereocenters. The third-order valence-electron chi connectivity index (χ3n) is 3.76. The zero-order chi connectivity index (χ0) is 13.0. The molecule has 2 atom stereocenters. The van der Waals surface area contributed by atoms with Gasteiger partial charge in [0, 0.05) is 17.8 Å². The van der Waals surface area contributed by atoms with Gasteiger partial charge in [0.15, 0.2) is 0 Å². The Bertz CT molecular complexity index is 419. The number of nitrogens with two attached hydrogens (primary N) is 1. The van der Waals surface area contributed by atoms with Gasteiger partial charge in [0.05, 0.1) is 0 Å². The molecule has 0 amide bonds. The maximum atomic E-state index is 5.64. The SMILES string of the molecule is CCC1CCCC(Nc2cc(C(N)=S)ccn2)C1. The standard InChI is InChI=1S/C14H21N3S/c1-2-10-4-3-5-12(8-10)17-13-9-11(14(15)18)6-7-16-13/h6-7,9-10,12H,2-5,8H2,1H3,(H2,15,18)(H,16,17). The van der Waals surface area contributed by atoms with Gasteiger partial charge in [-0.3, -0.25) is 0 Å². The van der Waals surface area contributed by atoms with Gasteiger partial charge in [0.25, 0.3) is 0 Å².